The summed E-state index contributed by atoms with van der Waals surface area (Å²) in [4.78, 5) is 61.6. The van der Waals surface area contributed by atoms with Gasteiger partial charge in [-0.2, -0.15) is 0 Å². The van der Waals surface area contributed by atoms with Gasteiger partial charge in [-0.25, -0.2) is 4.79 Å². The molecule has 1 fully saturated rings. The molecule has 4 unspecified atom stereocenters. The number of nitrogens with two attached hydrogens (primary N) is 1. The first-order valence-corrected chi connectivity index (χ1v) is 12.2. The van der Waals surface area contributed by atoms with Gasteiger partial charge in [0.1, 0.15) is 23.9 Å². The van der Waals surface area contributed by atoms with Crippen molar-refractivity contribution in [1.82, 2.24) is 21.3 Å². The zero-order valence-corrected chi connectivity index (χ0v) is 20.4. The summed E-state index contributed by atoms with van der Waals surface area (Å²) >= 11 is 0. The molecule has 1 aromatic carbocycles. The van der Waals surface area contributed by atoms with E-state index in [2.05, 4.69) is 21.3 Å². The Bertz CT molecular complexity index is 949. The zero-order chi connectivity index (χ0) is 27.4. The van der Waals surface area contributed by atoms with Crippen molar-refractivity contribution in [1.29, 1.82) is 0 Å². The summed E-state index contributed by atoms with van der Waals surface area (Å²) < 4.78 is 0. The zero-order valence-electron chi connectivity index (χ0n) is 20.4. The molecule has 0 bridgehead atoms. The molecule has 37 heavy (non-hydrogen) atoms. The van der Waals surface area contributed by atoms with E-state index in [9.17, 15) is 39.3 Å². The summed E-state index contributed by atoms with van der Waals surface area (Å²) in [5.74, 6) is -4.75. The van der Waals surface area contributed by atoms with E-state index in [1.165, 1.54) is 24.3 Å². The Balaban J connectivity index is 2.12. The summed E-state index contributed by atoms with van der Waals surface area (Å²) in [6, 6.07) is 1.36. The third kappa shape index (κ3) is 10.1. The number of rotatable bonds is 15. The quantitative estimate of drug-likeness (QED) is 0.129. The van der Waals surface area contributed by atoms with E-state index < -0.39 is 60.2 Å². The van der Waals surface area contributed by atoms with Crippen LogP contribution in [0.25, 0.3) is 0 Å². The molecule has 13 nitrogen and oxygen atoms in total. The van der Waals surface area contributed by atoms with Gasteiger partial charge in [0.15, 0.2) is 0 Å². The molecule has 2 rings (SSSR count). The molecule has 3 amide bonds. The molecule has 1 heterocycles. The van der Waals surface area contributed by atoms with Gasteiger partial charge in [0, 0.05) is 6.42 Å². The van der Waals surface area contributed by atoms with Gasteiger partial charge in [0.05, 0.1) is 12.5 Å². The number of hydrogen-bond donors (Lipinski definition) is 8. The number of carboxylic acids is 2. The van der Waals surface area contributed by atoms with Gasteiger partial charge in [-0.3, -0.25) is 19.2 Å². The van der Waals surface area contributed by atoms with E-state index in [0.717, 1.165) is 6.42 Å². The predicted octanol–water partition coefficient (Wildman–Crippen LogP) is -1.17. The average molecular weight is 522 g/mol. The highest BCUT2D eigenvalue weighted by Crippen LogP contribution is 2.12. The van der Waals surface area contributed by atoms with Crippen LogP contribution in [0.2, 0.25) is 0 Å². The molecular formula is C24H35N5O8. The van der Waals surface area contributed by atoms with Crippen molar-refractivity contribution in [3.05, 3.63) is 29.8 Å². The number of carbonyl (C=O) groups is 5. The molecule has 1 saturated heterocycles. The Hall–Kier alpha value is -3.71. The summed E-state index contributed by atoms with van der Waals surface area (Å²) in [7, 11) is 0. The first-order valence-electron chi connectivity index (χ1n) is 12.2. The van der Waals surface area contributed by atoms with Crippen molar-refractivity contribution in [2.45, 2.75) is 69.1 Å². The first kappa shape index (κ1) is 29.5. The van der Waals surface area contributed by atoms with E-state index >= 15 is 0 Å². The Morgan fingerprint density at radius 2 is 1.59 bits per heavy atom. The van der Waals surface area contributed by atoms with Crippen LogP contribution in [0.3, 0.4) is 0 Å². The number of carbonyl (C=O) groups excluding carboxylic acids is 3. The fourth-order valence-corrected chi connectivity index (χ4v) is 3.94. The van der Waals surface area contributed by atoms with Crippen LogP contribution in [0.15, 0.2) is 24.3 Å². The van der Waals surface area contributed by atoms with Gasteiger partial charge in [-0.15, -0.1) is 0 Å². The minimum Gasteiger partial charge on any atom is -0.508 e. The van der Waals surface area contributed by atoms with Crippen LogP contribution < -0.4 is 27.0 Å². The second-order valence-electron chi connectivity index (χ2n) is 8.92. The molecule has 9 N–H and O–H groups in total. The third-order valence-electron chi connectivity index (χ3n) is 5.96. The van der Waals surface area contributed by atoms with Crippen molar-refractivity contribution < 1.29 is 39.3 Å². The van der Waals surface area contributed by atoms with Gasteiger partial charge >= 0.3 is 11.9 Å². The lowest BCUT2D eigenvalue weighted by Gasteiger charge is -2.25. The van der Waals surface area contributed by atoms with Gasteiger partial charge in [0.25, 0.3) is 0 Å². The lowest BCUT2D eigenvalue weighted by molar-refractivity contribution is -0.143. The fraction of sp³-hybridized carbons (Fsp3) is 0.542. The fourth-order valence-electron chi connectivity index (χ4n) is 3.94. The van der Waals surface area contributed by atoms with Crippen LogP contribution in [0.5, 0.6) is 5.75 Å². The minimum atomic E-state index is -1.43. The van der Waals surface area contributed by atoms with E-state index in [4.69, 9.17) is 5.73 Å². The van der Waals surface area contributed by atoms with E-state index in [0.29, 0.717) is 37.9 Å². The number of aromatic hydroxyl groups is 1. The number of nitrogens with one attached hydrogen (secondary N) is 4. The molecular weight excluding hydrogens is 486 g/mol. The van der Waals surface area contributed by atoms with Crippen molar-refractivity contribution in [2.75, 3.05) is 13.1 Å². The van der Waals surface area contributed by atoms with E-state index in [-0.39, 0.29) is 18.6 Å². The summed E-state index contributed by atoms with van der Waals surface area (Å²) in [5.41, 5.74) is 6.08. The van der Waals surface area contributed by atoms with Crippen LogP contribution in [0.4, 0.5) is 0 Å². The van der Waals surface area contributed by atoms with Crippen LogP contribution in [-0.4, -0.2) is 82.2 Å². The summed E-state index contributed by atoms with van der Waals surface area (Å²) in [6.45, 7) is 0.971. The van der Waals surface area contributed by atoms with Gasteiger partial charge in [0.2, 0.25) is 17.7 Å². The lowest BCUT2D eigenvalue weighted by atomic mass is 10.0. The highest BCUT2D eigenvalue weighted by molar-refractivity contribution is 5.95. The minimum absolute atomic E-state index is 0.00839. The summed E-state index contributed by atoms with van der Waals surface area (Å²) in [5, 5.41) is 38.6. The van der Waals surface area contributed by atoms with E-state index in [1.54, 1.807) is 0 Å². The normalized spacial score (nSPS) is 17.3. The van der Waals surface area contributed by atoms with Crippen LogP contribution in [0, 0.1) is 0 Å². The number of amides is 3. The van der Waals surface area contributed by atoms with Gasteiger partial charge in [-0.05, 0) is 62.9 Å². The van der Waals surface area contributed by atoms with Crippen molar-refractivity contribution >= 4 is 29.7 Å². The molecule has 204 valence electrons. The number of phenolic OH excluding ortho intramolecular Hbond substituents is 1. The number of phenols is 1. The SMILES string of the molecule is NCCCCC(NC(=O)C(CC(=O)O)NC(=O)C1CCCN1)C(=O)NC(Cc1ccc(O)cc1)C(=O)O. The Kier molecular flexibility index (Phi) is 11.8. The molecule has 4 atom stereocenters. The Labute approximate surface area is 214 Å². The van der Waals surface area contributed by atoms with Crippen molar-refractivity contribution in [3.8, 4) is 5.75 Å². The molecule has 1 aliphatic heterocycles. The van der Waals surface area contributed by atoms with Crippen LogP contribution >= 0.6 is 0 Å². The Morgan fingerprint density at radius 3 is 2.16 bits per heavy atom. The highest BCUT2D eigenvalue weighted by Gasteiger charge is 2.32. The average Bonchev–Trinajstić information content (AvgIpc) is 3.38. The number of unbranched alkanes of at least 4 members (excludes halogenated alkanes) is 1. The monoisotopic (exact) mass is 521 g/mol. The molecule has 1 aromatic rings. The topological polar surface area (TPSA) is 220 Å². The van der Waals surface area contributed by atoms with E-state index in [1.807, 2.05) is 0 Å². The van der Waals surface area contributed by atoms with Gasteiger partial charge < -0.3 is 42.3 Å². The molecule has 1 aliphatic rings. The molecule has 0 aliphatic carbocycles. The van der Waals surface area contributed by atoms with Gasteiger partial charge in [-0.1, -0.05) is 12.1 Å². The highest BCUT2D eigenvalue weighted by atomic mass is 16.4. The molecule has 0 radical (unpaired) electrons. The van der Waals surface area contributed by atoms with Crippen LogP contribution in [0.1, 0.15) is 44.1 Å². The number of hydrogen-bond acceptors (Lipinski definition) is 8. The second kappa shape index (κ2) is 14.8. The maximum atomic E-state index is 13.0. The third-order valence-corrected chi connectivity index (χ3v) is 5.96. The predicted molar refractivity (Wildman–Crippen MR) is 131 cm³/mol. The number of carboxylic acid groups (broad SMARTS) is 2. The molecule has 0 saturated carbocycles. The molecule has 0 spiro atoms. The molecule has 13 heteroatoms. The first-order chi connectivity index (χ1) is 17.6. The maximum absolute atomic E-state index is 13.0. The number of benzene rings is 1. The van der Waals surface area contributed by atoms with Crippen molar-refractivity contribution in [2.24, 2.45) is 5.73 Å². The van der Waals surface area contributed by atoms with Crippen molar-refractivity contribution in [3.63, 3.8) is 0 Å². The lowest BCUT2D eigenvalue weighted by Crippen LogP contribution is -2.57. The molecule has 0 aromatic heterocycles. The Morgan fingerprint density at radius 1 is 0.946 bits per heavy atom. The smallest absolute Gasteiger partial charge is 0.326 e. The number of aliphatic carboxylic acids is 2. The largest absolute Gasteiger partial charge is 0.508 e. The maximum Gasteiger partial charge on any atom is 0.326 e. The second-order valence-corrected chi connectivity index (χ2v) is 8.92. The standard InChI is InChI=1S/C24H35N5O8/c25-10-2-1-4-17(22(34)29-19(24(36)37)12-14-6-8-15(30)9-7-14)27-23(35)18(13-20(31)32)28-21(33)16-5-3-11-26-16/h6-9,16-19,26,30H,1-5,10-13,25H2,(H,27,35)(H,28,33)(H,29,34)(H,31,32)(H,36,37). The summed E-state index contributed by atoms with van der Waals surface area (Å²) in [6.07, 6.45) is 1.65. The van der Waals surface area contributed by atoms with Crippen LogP contribution in [-0.2, 0) is 30.4 Å².